The maximum Gasteiger partial charge on any atom is 0.356 e. The number of H-pyrrole nitrogens is 1. The van der Waals surface area contributed by atoms with Gasteiger partial charge in [-0.3, -0.25) is 0 Å². The van der Waals surface area contributed by atoms with Gasteiger partial charge >= 0.3 is 5.97 Å². The standard InChI is InChI=1S/C18H15NO3S/c20-18(21)17-15(9-10-19-17)22-11-12-5-1-2-6-13(12)14-7-3-4-8-16(14)23/h1-10,19,23H,11H2,(H,20,21). The molecule has 4 nitrogen and oxygen atoms in total. The van der Waals surface area contributed by atoms with E-state index in [0.717, 1.165) is 21.6 Å². The number of rotatable bonds is 5. The van der Waals surface area contributed by atoms with E-state index < -0.39 is 5.97 Å². The molecule has 3 aromatic rings. The zero-order valence-corrected chi connectivity index (χ0v) is 13.1. The molecular weight excluding hydrogens is 310 g/mol. The van der Waals surface area contributed by atoms with E-state index in [4.69, 9.17) is 9.84 Å². The molecule has 0 unspecified atom stereocenters. The number of ether oxygens (including phenoxy) is 1. The molecule has 0 fully saturated rings. The van der Waals surface area contributed by atoms with Crippen LogP contribution in [-0.4, -0.2) is 16.1 Å². The summed E-state index contributed by atoms with van der Waals surface area (Å²) in [5, 5.41) is 9.10. The molecule has 2 aromatic carbocycles. The smallest absolute Gasteiger partial charge is 0.356 e. The predicted molar refractivity (Wildman–Crippen MR) is 91.2 cm³/mol. The van der Waals surface area contributed by atoms with E-state index in [1.807, 2.05) is 48.5 Å². The summed E-state index contributed by atoms with van der Waals surface area (Å²) < 4.78 is 5.69. The molecule has 0 saturated heterocycles. The van der Waals surface area contributed by atoms with E-state index in [-0.39, 0.29) is 12.3 Å². The van der Waals surface area contributed by atoms with Gasteiger partial charge in [-0.15, -0.1) is 12.6 Å². The lowest BCUT2D eigenvalue weighted by Gasteiger charge is -2.12. The molecule has 0 bridgehead atoms. The molecule has 0 amide bonds. The van der Waals surface area contributed by atoms with Gasteiger partial charge in [-0.2, -0.15) is 0 Å². The van der Waals surface area contributed by atoms with Crippen molar-refractivity contribution in [3.8, 4) is 16.9 Å². The topological polar surface area (TPSA) is 62.3 Å². The molecule has 0 atom stereocenters. The summed E-state index contributed by atoms with van der Waals surface area (Å²) in [5.41, 5.74) is 3.05. The van der Waals surface area contributed by atoms with Crippen LogP contribution in [0.25, 0.3) is 11.1 Å². The number of carboxylic acid groups (broad SMARTS) is 1. The van der Waals surface area contributed by atoms with Crippen LogP contribution >= 0.6 is 12.6 Å². The molecule has 23 heavy (non-hydrogen) atoms. The fourth-order valence-electron chi connectivity index (χ4n) is 2.41. The van der Waals surface area contributed by atoms with Crippen molar-refractivity contribution in [2.75, 3.05) is 0 Å². The Morgan fingerprint density at radius 2 is 1.74 bits per heavy atom. The second-order valence-corrected chi connectivity index (χ2v) is 5.47. The lowest BCUT2D eigenvalue weighted by Crippen LogP contribution is -2.03. The molecule has 0 aliphatic carbocycles. The van der Waals surface area contributed by atoms with Gasteiger partial charge in [0.25, 0.3) is 0 Å². The minimum Gasteiger partial charge on any atom is -0.486 e. The number of aromatic carboxylic acids is 1. The summed E-state index contributed by atoms with van der Waals surface area (Å²) in [4.78, 5) is 14.6. The van der Waals surface area contributed by atoms with E-state index in [0.29, 0.717) is 5.75 Å². The highest BCUT2D eigenvalue weighted by atomic mass is 32.1. The Hall–Kier alpha value is -2.66. The summed E-state index contributed by atoms with van der Waals surface area (Å²) >= 11 is 4.50. The van der Waals surface area contributed by atoms with Crippen LogP contribution in [0.4, 0.5) is 0 Å². The number of aromatic nitrogens is 1. The summed E-state index contributed by atoms with van der Waals surface area (Å²) in [7, 11) is 0. The molecule has 3 rings (SSSR count). The second-order valence-electron chi connectivity index (χ2n) is 4.99. The first-order chi connectivity index (χ1) is 11.2. The van der Waals surface area contributed by atoms with Crippen LogP contribution in [0.2, 0.25) is 0 Å². The Kier molecular flexibility index (Phi) is 4.39. The van der Waals surface area contributed by atoms with E-state index >= 15 is 0 Å². The largest absolute Gasteiger partial charge is 0.486 e. The number of carboxylic acids is 1. The zero-order chi connectivity index (χ0) is 16.2. The maximum absolute atomic E-state index is 11.1. The first kappa shape index (κ1) is 15.2. The van der Waals surface area contributed by atoms with Gasteiger partial charge in [0.15, 0.2) is 11.4 Å². The Balaban J connectivity index is 1.88. The zero-order valence-electron chi connectivity index (χ0n) is 12.2. The quantitative estimate of drug-likeness (QED) is 0.615. The van der Waals surface area contributed by atoms with Crippen LogP contribution in [0.5, 0.6) is 5.75 Å². The van der Waals surface area contributed by atoms with Crippen LogP contribution in [0.1, 0.15) is 16.1 Å². The highest BCUT2D eigenvalue weighted by molar-refractivity contribution is 7.80. The van der Waals surface area contributed by atoms with Gasteiger partial charge in [0.1, 0.15) is 6.61 Å². The van der Waals surface area contributed by atoms with Gasteiger partial charge in [-0.05, 0) is 28.8 Å². The molecule has 5 heteroatoms. The van der Waals surface area contributed by atoms with Gasteiger partial charge in [-0.1, -0.05) is 42.5 Å². The molecule has 2 N–H and O–H groups in total. The van der Waals surface area contributed by atoms with Crippen molar-refractivity contribution >= 4 is 18.6 Å². The summed E-state index contributed by atoms with van der Waals surface area (Å²) in [6.07, 6.45) is 1.55. The Labute approximate surface area is 139 Å². The summed E-state index contributed by atoms with van der Waals surface area (Å²) in [5.74, 6) is -0.717. The molecule has 116 valence electrons. The summed E-state index contributed by atoms with van der Waals surface area (Å²) in [6.45, 7) is 0.274. The molecule has 0 aliphatic rings. The van der Waals surface area contributed by atoms with Gasteiger partial charge < -0.3 is 14.8 Å². The van der Waals surface area contributed by atoms with Crippen molar-refractivity contribution < 1.29 is 14.6 Å². The maximum atomic E-state index is 11.1. The predicted octanol–water partition coefficient (Wildman–Crippen LogP) is 4.25. The minimum absolute atomic E-state index is 0.0528. The number of benzene rings is 2. The van der Waals surface area contributed by atoms with Crippen LogP contribution in [0.15, 0.2) is 65.7 Å². The Morgan fingerprint density at radius 3 is 2.48 bits per heavy atom. The molecule has 0 aliphatic heterocycles. The molecular formula is C18H15NO3S. The third kappa shape index (κ3) is 3.24. The van der Waals surface area contributed by atoms with Crippen molar-refractivity contribution in [1.82, 2.24) is 4.98 Å². The fourth-order valence-corrected chi connectivity index (χ4v) is 2.69. The van der Waals surface area contributed by atoms with Crippen molar-refractivity contribution in [3.05, 3.63) is 72.1 Å². The summed E-state index contributed by atoms with van der Waals surface area (Å²) in [6, 6.07) is 17.3. The molecule has 0 radical (unpaired) electrons. The van der Waals surface area contributed by atoms with Crippen LogP contribution in [0.3, 0.4) is 0 Å². The minimum atomic E-state index is -1.04. The first-order valence-corrected chi connectivity index (χ1v) is 7.51. The van der Waals surface area contributed by atoms with Crippen molar-refractivity contribution in [1.29, 1.82) is 0 Å². The Morgan fingerprint density at radius 1 is 1.04 bits per heavy atom. The van der Waals surface area contributed by atoms with Crippen molar-refractivity contribution in [2.45, 2.75) is 11.5 Å². The number of aromatic amines is 1. The van der Waals surface area contributed by atoms with E-state index in [1.165, 1.54) is 0 Å². The van der Waals surface area contributed by atoms with E-state index in [9.17, 15) is 4.79 Å². The number of hydrogen-bond donors (Lipinski definition) is 3. The third-order valence-corrected chi connectivity index (χ3v) is 3.91. The molecule has 1 aromatic heterocycles. The average molecular weight is 325 g/mol. The number of thiol groups is 1. The van der Waals surface area contributed by atoms with Gasteiger partial charge in [0.2, 0.25) is 0 Å². The second kappa shape index (κ2) is 6.62. The SMILES string of the molecule is O=C(O)c1[nH]ccc1OCc1ccccc1-c1ccccc1S. The fraction of sp³-hybridized carbons (Fsp3) is 0.0556. The van der Waals surface area contributed by atoms with Gasteiger partial charge in [-0.25, -0.2) is 4.79 Å². The normalized spacial score (nSPS) is 10.5. The van der Waals surface area contributed by atoms with Crippen molar-refractivity contribution in [2.24, 2.45) is 0 Å². The highest BCUT2D eigenvalue weighted by Crippen LogP contribution is 2.30. The first-order valence-electron chi connectivity index (χ1n) is 7.06. The molecule has 1 heterocycles. The highest BCUT2D eigenvalue weighted by Gasteiger charge is 2.13. The Bertz CT molecular complexity index is 842. The van der Waals surface area contributed by atoms with Gasteiger partial charge in [0, 0.05) is 11.1 Å². The van der Waals surface area contributed by atoms with Crippen LogP contribution < -0.4 is 4.74 Å². The van der Waals surface area contributed by atoms with Crippen molar-refractivity contribution in [3.63, 3.8) is 0 Å². The average Bonchev–Trinajstić information content (AvgIpc) is 3.03. The third-order valence-electron chi connectivity index (χ3n) is 3.52. The monoisotopic (exact) mass is 325 g/mol. The van der Waals surface area contributed by atoms with Crippen LogP contribution in [0, 0.1) is 0 Å². The van der Waals surface area contributed by atoms with Gasteiger partial charge in [0.05, 0.1) is 0 Å². The van der Waals surface area contributed by atoms with E-state index in [1.54, 1.807) is 12.3 Å². The lowest BCUT2D eigenvalue weighted by atomic mass is 10.00. The molecule has 0 saturated carbocycles. The number of nitrogens with one attached hydrogen (secondary N) is 1. The lowest BCUT2D eigenvalue weighted by molar-refractivity contribution is 0.0686. The van der Waals surface area contributed by atoms with Crippen LogP contribution in [-0.2, 0) is 6.61 Å². The number of carbonyl (C=O) groups is 1. The van der Waals surface area contributed by atoms with E-state index in [2.05, 4.69) is 17.6 Å². The molecule has 0 spiro atoms. The number of hydrogen-bond acceptors (Lipinski definition) is 3.